The summed E-state index contributed by atoms with van der Waals surface area (Å²) in [7, 11) is -2.13. The number of fused-ring (bicyclic) bond motifs is 1. The molecule has 2 heterocycles. The zero-order valence-electron chi connectivity index (χ0n) is 17.5. The molecular formula is C19H32N5O4P. The van der Waals surface area contributed by atoms with Crippen LogP contribution in [-0.2, 0) is 24.8 Å². The molecule has 1 atom stereocenters. The fraction of sp³-hybridized carbons (Fsp3) is 0.737. The van der Waals surface area contributed by atoms with E-state index in [1.807, 2.05) is 0 Å². The van der Waals surface area contributed by atoms with Crippen molar-refractivity contribution in [3.63, 3.8) is 0 Å². The second-order valence-corrected chi connectivity index (χ2v) is 9.42. The minimum absolute atomic E-state index is 0.227. The summed E-state index contributed by atoms with van der Waals surface area (Å²) in [5, 5.41) is 0. The van der Waals surface area contributed by atoms with Gasteiger partial charge in [-0.2, -0.15) is 0 Å². The average Bonchev–Trinajstić information content (AvgIpc) is 3.12. The summed E-state index contributed by atoms with van der Waals surface area (Å²) in [6.07, 6.45) is 8.37. The molecule has 29 heavy (non-hydrogen) atoms. The van der Waals surface area contributed by atoms with E-state index in [0.717, 1.165) is 18.8 Å². The number of hydrogen-bond donors (Lipinski definition) is 2. The Balaban J connectivity index is 1.84. The lowest BCUT2D eigenvalue weighted by Crippen LogP contribution is -2.10. The molecule has 0 aliphatic heterocycles. The highest BCUT2D eigenvalue weighted by molar-refractivity contribution is 7.54. The van der Waals surface area contributed by atoms with Crippen LogP contribution in [0, 0.1) is 5.92 Å². The number of nitrogens with zero attached hydrogens (tertiary/aromatic N) is 3. The van der Waals surface area contributed by atoms with Gasteiger partial charge in [-0.3, -0.25) is 4.57 Å². The Hall–Kier alpha value is -1.54. The van der Waals surface area contributed by atoms with Gasteiger partial charge in [-0.05, 0) is 26.2 Å². The summed E-state index contributed by atoms with van der Waals surface area (Å²) in [6, 6.07) is 0. The van der Waals surface area contributed by atoms with Crippen LogP contribution in [-0.4, -0.2) is 40.3 Å². The van der Waals surface area contributed by atoms with Gasteiger partial charge in [0.25, 0.3) is 0 Å². The zero-order chi connectivity index (χ0) is 20.9. The Labute approximate surface area is 171 Å². The molecule has 162 valence electrons. The van der Waals surface area contributed by atoms with Crippen LogP contribution in [0.5, 0.6) is 0 Å². The van der Waals surface area contributed by atoms with Gasteiger partial charge < -0.3 is 24.5 Å². The van der Waals surface area contributed by atoms with Crippen molar-refractivity contribution in [3.8, 4) is 0 Å². The number of ether oxygens (including phenoxy) is 1. The first-order chi connectivity index (χ1) is 14.0. The Morgan fingerprint density at radius 2 is 1.83 bits per heavy atom. The second kappa shape index (κ2) is 9.98. The van der Waals surface area contributed by atoms with E-state index >= 15 is 0 Å². The first-order valence-corrected chi connectivity index (χ1v) is 12.1. The van der Waals surface area contributed by atoms with Gasteiger partial charge in [-0.15, -0.1) is 0 Å². The number of aryl methyl sites for hydroxylation is 1. The van der Waals surface area contributed by atoms with E-state index in [9.17, 15) is 4.57 Å². The van der Waals surface area contributed by atoms with Gasteiger partial charge in [0.15, 0.2) is 17.3 Å². The van der Waals surface area contributed by atoms with Crippen molar-refractivity contribution in [3.05, 3.63) is 11.6 Å². The van der Waals surface area contributed by atoms with E-state index in [0.29, 0.717) is 28.6 Å². The molecule has 2 aromatic rings. The van der Waals surface area contributed by atoms with E-state index in [4.69, 9.17) is 19.5 Å². The minimum atomic E-state index is -3.57. The summed E-state index contributed by atoms with van der Waals surface area (Å²) in [6.45, 7) is 3.95. The molecule has 1 aliphatic rings. The van der Waals surface area contributed by atoms with Crippen LogP contribution in [0.25, 0.3) is 11.2 Å². The van der Waals surface area contributed by atoms with E-state index < -0.39 is 13.4 Å². The van der Waals surface area contributed by atoms with Gasteiger partial charge in [0.1, 0.15) is 11.3 Å². The predicted octanol–water partition coefficient (Wildman–Crippen LogP) is 4.36. The van der Waals surface area contributed by atoms with Crippen LogP contribution in [0.2, 0.25) is 0 Å². The van der Waals surface area contributed by atoms with Crippen molar-refractivity contribution < 1.29 is 18.3 Å². The number of hydrogen-bond acceptors (Lipinski definition) is 8. The van der Waals surface area contributed by atoms with Crippen LogP contribution in [0.1, 0.15) is 69.9 Å². The smallest absolute Gasteiger partial charge is 0.366 e. The lowest BCUT2D eigenvalue weighted by atomic mass is 9.86. The third kappa shape index (κ3) is 5.15. The number of nitrogen functional groups attached to an aromatic ring is 1. The molecule has 0 saturated heterocycles. The highest BCUT2D eigenvalue weighted by Crippen LogP contribution is 2.60. The van der Waals surface area contributed by atoms with Crippen molar-refractivity contribution in [2.75, 3.05) is 26.1 Å². The molecule has 9 nitrogen and oxygen atoms in total. The minimum Gasteiger partial charge on any atom is -0.382 e. The molecule has 10 heteroatoms. The topological polar surface area (TPSA) is 125 Å². The first-order valence-electron chi connectivity index (χ1n) is 10.4. The van der Waals surface area contributed by atoms with Crippen molar-refractivity contribution in [1.82, 2.24) is 19.9 Å². The Kier molecular flexibility index (Phi) is 7.62. The lowest BCUT2D eigenvalue weighted by Gasteiger charge is -2.23. The number of aromatic amines is 1. The van der Waals surface area contributed by atoms with Crippen LogP contribution >= 0.6 is 7.60 Å². The maximum atomic E-state index is 13.2. The van der Waals surface area contributed by atoms with Crippen molar-refractivity contribution in [1.29, 1.82) is 0 Å². The first kappa shape index (κ1) is 22.2. The molecular weight excluding hydrogens is 393 g/mol. The maximum absolute atomic E-state index is 13.2. The number of aromatic nitrogens is 4. The molecule has 2 aromatic heterocycles. The number of nitrogens with one attached hydrogen (secondary N) is 1. The van der Waals surface area contributed by atoms with E-state index in [-0.39, 0.29) is 13.2 Å². The largest absolute Gasteiger partial charge is 0.382 e. The van der Waals surface area contributed by atoms with Crippen molar-refractivity contribution in [2.45, 2.75) is 64.6 Å². The number of nitrogens with two attached hydrogens (primary N) is 1. The maximum Gasteiger partial charge on any atom is 0.366 e. The normalized spacial score (nSPS) is 17.1. The Morgan fingerprint density at radius 3 is 2.45 bits per heavy atom. The van der Waals surface area contributed by atoms with Gasteiger partial charge in [0.2, 0.25) is 5.85 Å². The fourth-order valence-corrected chi connectivity index (χ4v) is 5.69. The highest BCUT2D eigenvalue weighted by Gasteiger charge is 2.39. The Bertz CT molecular complexity index is 842. The molecule has 0 amide bonds. The van der Waals surface area contributed by atoms with Crippen LogP contribution in [0.15, 0.2) is 0 Å². The zero-order valence-corrected chi connectivity index (χ0v) is 18.4. The molecule has 3 rings (SSSR count). The third-order valence-electron chi connectivity index (χ3n) is 5.31. The number of rotatable bonds is 10. The average molecular weight is 425 g/mol. The molecule has 0 spiro atoms. The lowest BCUT2D eigenvalue weighted by molar-refractivity contribution is 0.105. The second-order valence-electron chi connectivity index (χ2n) is 7.35. The van der Waals surface area contributed by atoms with Gasteiger partial charge in [0.05, 0.1) is 13.2 Å². The summed E-state index contributed by atoms with van der Waals surface area (Å²) in [4.78, 5) is 16.6. The van der Waals surface area contributed by atoms with E-state index in [1.165, 1.54) is 39.2 Å². The molecule has 0 radical (unpaired) electrons. The molecule has 0 bridgehead atoms. The van der Waals surface area contributed by atoms with Crippen molar-refractivity contribution >= 4 is 24.6 Å². The predicted molar refractivity (Wildman–Crippen MR) is 112 cm³/mol. The number of imidazole rings is 1. The van der Waals surface area contributed by atoms with Crippen molar-refractivity contribution in [2.24, 2.45) is 5.92 Å². The molecule has 1 aliphatic carbocycles. The molecule has 3 N–H and O–H groups in total. The van der Waals surface area contributed by atoms with E-state index in [1.54, 1.807) is 13.8 Å². The van der Waals surface area contributed by atoms with Gasteiger partial charge in [0, 0.05) is 13.5 Å². The SMILES string of the molecule is CCOP(=O)(OCC)C(OC)c1nc2nc(CCC3CCCCC3)nc(N)c2[nH]1. The standard InChI is InChI=1S/C19H32N5O4P/c1-4-27-29(25,28-5-2)19(26-3)18-23-15-16(20)21-14(22-17(15)24-18)12-11-13-9-7-6-8-10-13/h13,19H,4-12H2,1-3H3,(H3,20,21,22,23,24). The summed E-state index contributed by atoms with van der Waals surface area (Å²) in [5.74, 6) is 1.05. The number of anilines is 1. The van der Waals surface area contributed by atoms with Gasteiger partial charge in [-0.25, -0.2) is 15.0 Å². The molecule has 1 fully saturated rings. The van der Waals surface area contributed by atoms with E-state index in [2.05, 4.69) is 19.9 Å². The molecule has 1 saturated carbocycles. The fourth-order valence-electron chi connectivity index (χ4n) is 3.94. The molecule has 0 aromatic carbocycles. The summed E-state index contributed by atoms with van der Waals surface area (Å²) >= 11 is 0. The van der Waals surface area contributed by atoms with Gasteiger partial charge in [-0.1, -0.05) is 32.1 Å². The third-order valence-corrected chi connectivity index (χ3v) is 7.57. The molecule has 1 unspecified atom stereocenters. The number of H-pyrrole nitrogens is 1. The van der Waals surface area contributed by atoms with Gasteiger partial charge >= 0.3 is 7.60 Å². The quantitative estimate of drug-likeness (QED) is 0.538. The number of methoxy groups -OCH3 is 1. The van der Waals surface area contributed by atoms with Crippen LogP contribution < -0.4 is 5.73 Å². The van der Waals surface area contributed by atoms with Crippen LogP contribution in [0.3, 0.4) is 0 Å². The highest BCUT2D eigenvalue weighted by atomic mass is 31.2. The monoisotopic (exact) mass is 425 g/mol. The summed E-state index contributed by atoms with van der Waals surface area (Å²) < 4.78 is 29.4. The summed E-state index contributed by atoms with van der Waals surface area (Å²) in [5.41, 5.74) is 7.09. The Morgan fingerprint density at radius 1 is 1.14 bits per heavy atom. The van der Waals surface area contributed by atoms with Crippen LogP contribution in [0.4, 0.5) is 5.82 Å².